The Hall–Kier alpha value is -2.21. The quantitative estimate of drug-likeness (QED) is 0.532. The van der Waals surface area contributed by atoms with E-state index in [0.717, 1.165) is 16.9 Å². The fourth-order valence-corrected chi connectivity index (χ4v) is 4.38. The molecule has 0 atom stereocenters. The molecule has 3 aromatic rings. The van der Waals surface area contributed by atoms with Crippen LogP contribution >= 0.6 is 23.2 Å². The van der Waals surface area contributed by atoms with Gasteiger partial charge in [0.25, 0.3) is 10.0 Å². The summed E-state index contributed by atoms with van der Waals surface area (Å²) in [7, 11) is -3.86. The monoisotopic (exact) mass is 421 g/mol. The fourth-order valence-electron chi connectivity index (χ4n) is 2.56. The number of para-hydroxylation sites is 1. The van der Waals surface area contributed by atoms with E-state index >= 15 is 0 Å². The number of aryl methyl sites for hydroxylation is 2. The number of ether oxygens (including phenoxy) is 1. The number of rotatable bonds is 5. The Morgan fingerprint density at radius 3 is 2.15 bits per heavy atom. The van der Waals surface area contributed by atoms with Gasteiger partial charge in [-0.05, 0) is 67.4 Å². The lowest BCUT2D eigenvalue weighted by Gasteiger charge is -2.13. The van der Waals surface area contributed by atoms with E-state index in [0.29, 0.717) is 11.4 Å². The first-order valence-corrected chi connectivity index (χ1v) is 10.3. The van der Waals surface area contributed by atoms with Crippen LogP contribution in [-0.4, -0.2) is 8.42 Å². The zero-order valence-corrected chi connectivity index (χ0v) is 17.0. The third kappa shape index (κ3) is 4.56. The molecule has 3 rings (SSSR count). The van der Waals surface area contributed by atoms with Gasteiger partial charge in [-0.15, -0.1) is 0 Å². The van der Waals surface area contributed by atoms with Crippen LogP contribution in [0.1, 0.15) is 11.1 Å². The first-order chi connectivity index (χ1) is 12.8. The van der Waals surface area contributed by atoms with Crippen molar-refractivity contribution in [3.05, 3.63) is 81.8 Å². The first-order valence-electron chi connectivity index (χ1n) is 8.08. The summed E-state index contributed by atoms with van der Waals surface area (Å²) in [6, 6.07) is 16.8. The van der Waals surface area contributed by atoms with Gasteiger partial charge in [0.15, 0.2) is 0 Å². The molecule has 0 aliphatic carbocycles. The maximum atomic E-state index is 12.6. The van der Waals surface area contributed by atoms with Crippen LogP contribution in [0.2, 0.25) is 10.0 Å². The topological polar surface area (TPSA) is 55.4 Å². The SMILES string of the molecule is Cc1cccc(C)c1Oc1ccc(NS(=O)(=O)c2cc(Cl)ccc2Cl)cc1. The Kier molecular flexibility index (Phi) is 5.65. The molecule has 27 heavy (non-hydrogen) atoms. The van der Waals surface area contributed by atoms with Crippen molar-refractivity contribution >= 4 is 38.9 Å². The van der Waals surface area contributed by atoms with Gasteiger partial charge in [-0.2, -0.15) is 0 Å². The number of benzene rings is 3. The lowest BCUT2D eigenvalue weighted by Crippen LogP contribution is -2.13. The molecule has 0 aromatic heterocycles. The van der Waals surface area contributed by atoms with Crippen LogP contribution in [0.25, 0.3) is 0 Å². The zero-order chi connectivity index (χ0) is 19.6. The van der Waals surface area contributed by atoms with Gasteiger partial charge in [0.2, 0.25) is 0 Å². The summed E-state index contributed by atoms with van der Waals surface area (Å²) >= 11 is 11.9. The smallest absolute Gasteiger partial charge is 0.263 e. The van der Waals surface area contributed by atoms with Crippen molar-refractivity contribution < 1.29 is 13.2 Å². The van der Waals surface area contributed by atoms with E-state index in [1.807, 2.05) is 32.0 Å². The molecule has 140 valence electrons. The average molecular weight is 422 g/mol. The van der Waals surface area contributed by atoms with Gasteiger partial charge >= 0.3 is 0 Å². The molecule has 0 heterocycles. The molecule has 0 bridgehead atoms. The minimum Gasteiger partial charge on any atom is -0.457 e. The minimum atomic E-state index is -3.86. The van der Waals surface area contributed by atoms with Gasteiger partial charge in [0.1, 0.15) is 16.4 Å². The van der Waals surface area contributed by atoms with Gasteiger partial charge in [0, 0.05) is 10.7 Å². The van der Waals surface area contributed by atoms with E-state index in [9.17, 15) is 8.42 Å². The van der Waals surface area contributed by atoms with E-state index < -0.39 is 10.0 Å². The molecule has 0 saturated carbocycles. The summed E-state index contributed by atoms with van der Waals surface area (Å²) in [6.45, 7) is 3.94. The van der Waals surface area contributed by atoms with Crippen molar-refractivity contribution in [1.29, 1.82) is 0 Å². The lowest BCUT2D eigenvalue weighted by atomic mass is 10.1. The standard InChI is InChI=1S/C20H17Cl2NO3S/c1-13-4-3-5-14(2)20(13)26-17-9-7-16(8-10-17)23-27(24,25)19-12-15(21)6-11-18(19)22/h3-12,23H,1-2H3. The van der Waals surface area contributed by atoms with Crippen LogP contribution in [0.5, 0.6) is 11.5 Å². The highest BCUT2D eigenvalue weighted by atomic mass is 35.5. The molecule has 4 nitrogen and oxygen atoms in total. The van der Waals surface area contributed by atoms with E-state index in [-0.39, 0.29) is 14.9 Å². The number of anilines is 1. The van der Waals surface area contributed by atoms with E-state index in [4.69, 9.17) is 27.9 Å². The Morgan fingerprint density at radius 2 is 1.52 bits per heavy atom. The predicted molar refractivity (Wildman–Crippen MR) is 110 cm³/mol. The lowest BCUT2D eigenvalue weighted by molar-refractivity contribution is 0.475. The van der Waals surface area contributed by atoms with Crippen LogP contribution in [0.15, 0.2) is 65.6 Å². The fraction of sp³-hybridized carbons (Fsp3) is 0.100. The highest BCUT2D eigenvalue weighted by Gasteiger charge is 2.18. The highest BCUT2D eigenvalue weighted by Crippen LogP contribution is 2.30. The number of halogens is 2. The number of sulfonamides is 1. The van der Waals surface area contributed by atoms with Gasteiger partial charge in [-0.25, -0.2) is 8.42 Å². The third-order valence-electron chi connectivity index (χ3n) is 3.92. The molecular weight excluding hydrogens is 405 g/mol. The highest BCUT2D eigenvalue weighted by molar-refractivity contribution is 7.92. The molecular formula is C20H17Cl2NO3S. The van der Waals surface area contributed by atoms with Gasteiger partial charge in [-0.1, -0.05) is 41.4 Å². The summed E-state index contributed by atoms with van der Waals surface area (Å²) in [6.07, 6.45) is 0. The normalized spacial score (nSPS) is 11.3. The van der Waals surface area contributed by atoms with E-state index in [2.05, 4.69) is 4.72 Å². The molecule has 0 fully saturated rings. The van der Waals surface area contributed by atoms with Crippen LogP contribution < -0.4 is 9.46 Å². The van der Waals surface area contributed by atoms with Gasteiger partial charge in [0.05, 0.1) is 5.02 Å². The predicted octanol–water partition coefficient (Wildman–Crippen LogP) is 6.20. The first kappa shape index (κ1) is 19.5. The van der Waals surface area contributed by atoms with Crippen molar-refractivity contribution in [3.8, 4) is 11.5 Å². The Bertz CT molecular complexity index is 1060. The van der Waals surface area contributed by atoms with Crippen molar-refractivity contribution in [2.45, 2.75) is 18.7 Å². The van der Waals surface area contributed by atoms with Crippen LogP contribution in [0.3, 0.4) is 0 Å². The number of hydrogen-bond donors (Lipinski definition) is 1. The van der Waals surface area contributed by atoms with Crippen LogP contribution in [0.4, 0.5) is 5.69 Å². The molecule has 0 aliphatic rings. The Balaban J connectivity index is 1.81. The Morgan fingerprint density at radius 1 is 0.889 bits per heavy atom. The molecule has 3 aromatic carbocycles. The second-order valence-electron chi connectivity index (χ2n) is 6.03. The van der Waals surface area contributed by atoms with Crippen molar-refractivity contribution in [2.24, 2.45) is 0 Å². The average Bonchev–Trinajstić information content (AvgIpc) is 2.61. The van der Waals surface area contributed by atoms with E-state index in [1.165, 1.54) is 18.2 Å². The third-order valence-corrected chi connectivity index (χ3v) is 6.02. The molecule has 7 heteroatoms. The molecule has 1 N–H and O–H groups in total. The van der Waals surface area contributed by atoms with Crippen molar-refractivity contribution in [1.82, 2.24) is 0 Å². The molecule has 0 spiro atoms. The number of nitrogens with one attached hydrogen (secondary N) is 1. The zero-order valence-electron chi connectivity index (χ0n) is 14.7. The molecule has 0 saturated heterocycles. The van der Waals surface area contributed by atoms with E-state index in [1.54, 1.807) is 24.3 Å². The summed E-state index contributed by atoms with van der Waals surface area (Å²) in [5.41, 5.74) is 2.44. The maximum absolute atomic E-state index is 12.6. The van der Waals surface area contributed by atoms with Crippen LogP contribution in [-0.2, 0) is 10.0 Å². The summed E-state index contributed by atoms with van der Waals surface area (Å²) in [5, 5.41) is 0.388. The van der Waals surface area contributed by atoms with Crippen LogP contribution in [0, 0.1) is 13.8 Å². The molecule has 0 aliphatic heterocycles. The summed E-state index contributed by atoms with van der Waals surface area (Å²) in [4.78, 5) is -0.0764. The molecule has 0 radical (unpaired) electrons. The number of hydrogen-bond acceptors (Lipinski definition) is 3. The molecule has 0 unspecified atom stereocenters. The largest absolute Gasteiger partial charge is 0.457 e. The second-order valence-corrected chi connectivity index (χ2v) is 8.52. The maximum Gasteiger partial charge on any atom is 0.263 e. The second kappa shape index (κ2) is 7.80. The molecule has 0 amide bonds. The van der Waals surface area contributed by atoms with Crippen molar-refractivity contribution in [2.75, 3.05) is 4.72 Å². The minimum absolute atomic E-state index is 0.0764. The Labute approximate surface area is 168 Å². The summed E-state index contributed by atoms with van der Waals surface area (Å²) < 4.78 is 33.5. The van der Waals surface area contributed by atoms with Gasteiger partial charge < -0.3 is 4.74 Å². The van der Waals surface area contributed by atoms with Gasteiger partial charge in [-0.3, -0.25) is 4.72 Å². The summed E-state index contributed by atoms with van der Waals surface area (Å²) in [5.74, 6) is 1.40. The van der Waals surface area contributed by atoms with Crippen molar-refractivity contribution in [3.63, 3.8) is 0 Å².